The Balaban J connectivity index is 3.00. The number of benzene rings is 1. The number of rotatable bonds is 3. The molecule has 1 amide bonds. The summed E-state index contributed by atoms with van der Waals surface area (Å²) in [6.45, 7) is 3.46. The van der Waals surface area contributed by atoms with Gasteiger partial charge < -0.3 is 4.74 Å². The third kappa shape index (κ3) is 2.47. The first-order chi connectivity index (χ1) is 7.07. The Morgan fingerprint density at radius 2 is 2.00 bits per heavy atom. The number of hydrogen-bond donors (Lipinski definition) is 1. The first kappa shape index (κ1) is 11.5. The van der Waals surface area contributed by atoms with Crippen LogP contribution in [0.15, 0.2) is 24.3 Å². The summed E-state index contributed by atoms with van der Waals surface area (Å²) in [7, 11) is 1.49. The Morgan fingerprint density at radius 3 is 2.53 bits per heavy atom. The molecule has 0 unspecified atom stereocenters. The lowest BCUT2D eigenvalue weighted by Gasteiger charge is -2.19. The molecule has 82 valence electrons. The standard InChI is InChI=1S/C11H15NO3/c1-8(2)12(14)11(13)9-6-4-5-7-10(9)15-3/h4-8,14H,1-3H3. The van der Waals surface area contributed by atoms with Crippen LogP contribution in [0.3, 0.4) is 0 Å². The van der Waals surface area contributed by atoms with E-state index in [1.54, 1.807) is 38.1 Å². The Bertz CT molecular complexity index is 349. The van der Waals surface area contributed by atoms with Gasteiger partial charge in [-0.05, 0) is 26.0 Å². The fourth-order valence-electron chi connectivity index (χ4n) is 1.18. The highest BCUT2D eigenvalue weighted by atomic mass is 16.5. The molecule has 15 heavy (non-hydrogen) atoms. The van der Waals surface area contributed by atoms with E-state index in [-0.39, 0.29) is 6.04 Å². The van der Waals surface area contributed by atoms with Crippen molar-refractivity contribution in [3.63, 3.8) is 0 Å². The van der Waals surface area contributed by atoms with Gasteiger partial charge in [0, 0.05) is 0 Å². The molecule has 1 aromatic carbocycles. The molecule has 0 aromatic heterocycles. The van der Waals surface area contributed by atoms with Crippen LogP contribution in [-0.2, 0) is 0 Å². The number of para-hydroxylation sites is 1. The van der Waals surface area contributed by atoms with Crippen molar-refractivity contribution in [2.24, 2.45) is 0 Å². The quantitative estimate of drug-likeness (QED) is 0.611. The van der Waals surface area contributed by atoms with Gasteiger partial charge in [0.15, 0.2) is 0 Å². The van der Waals surface area contributed by atoms with Crippen molar-refractivity contribution in [1.82, 2.24) is 5.06 Å². The molecule has 1 N–H and O–H groups in total. The lowest BCUT2D eigenvalue weighted by Crippen LogP contribution is -2.33. The smallest absolute Gasteiger partial charge is 0.281 e. The number of carbonyl (C=O) groups is 1. The molecule has 1 aromatic rings. The third-order valence-electron chi connectivity index (χ3n) is 2.03. The van der Waals surface area contributed by atoms with Crippen LogP contribution >= 0.6 is 0 Å². The Labute approximate surface area is 89.0 Å². The number of ether oxygens (including phenoxy) is 1. The Morgan fingerprint density at radius 1 is 1.40 bits per heavy atom. The summed E-state index contributed by atoms with van der Waals surface area (Å²) in [5, 5.41) is 10.2. The van der Waals surface area contributed by atoms with Gasteiger partial charge in [0.1, 0.15) is 5.75 Å². The van der Waals surface area contributed by atoms with E-state index in [0.717, 1.165) is 0 Å². The van der Waals surface area contributed by atoms with Crippen LogP contribution < -0.4 is 4.74 Å². The number of hydrogen-bond acceptors (Lipinski definition) is 3. The Hall–Kier alpha value is -1.55. The maximum Gasteiger partial charge on any atom is 0.281 e. The van der Waals surface area contributed by atoms with Gasteiger partial charge in [-0.1, -0.05) is 12.1 Å². The molecule has 0 saturated heterocycles. The molecular formula is C11H15NO3. The zero-order valence-electron chi connectivity index (χ0n) is 9.10. The summed E-state index contributed by atoms with van der Waals surface area (Å²) in [6.07, 6.45) is 0. The van der Waals surface area contributed by atoms with Gasteiger partial charge in [0.05, 0.1) is 18.7 Å². The normalized spacial score (nSPS) is 10.2. The largest absolute Gasteiger partial charge is 0.496 e. The van der Waals surface area contributed by atoms with E-state index >= 15 is 0 Å². The number of carbonyl (C=O) groups excluding carboxylic acids is 1. The molecule has 0 spiro atoms. The molecule has 0 atom stereocenters. The van der Waals surface area contributed by atoms with E-state index in [1.165, 1.54) is 7.11 Å². The van der Waals surface area contributed by atoms with Gasteiger partial charge in [0.2, 0.25) is 0 Å². The Kier molecular flexibility index (Phi) is 3.68. The van der Waals surface area contributed by atoms with E-state index < -0.39 is 5.91 Å². The van der Waals surface area contributed by atoms with Crippen LogP contribution in [0.1, 0.15) is 24.2 Å². The summed E-state index contributed by atoms with van der Waals surface area (Å²) in [5.41, 5.74) is 0.358. The van der Waals surface area contributed by atoms with Crippen molar-refractivity contribution >= 4 is 5.91 Å². The van der Waals surface area contributed by atoms with Gasteiger partial charge >= 0.3 is 0 Å². The van der Waals surface area contributed by atoms with Gasteiger partial charge in [-0.3, -0.25) is 10.0 Å². The minimum atomic E-state index is -0.456. The minimum Gasteiger partial charge on any atom is -0.496 e. The minimum absolute atomic E-state index is 0.262. The summed E-state index contributed by atoms with van der Waals surface area (Å²) in [4.78, 5) is 11.8. The number of methoxy groups -OCH3 is 1. The third-order valence-corrected chi connectivity index (χ3v) is 2.03. The van der Waals surface area contributed by atoms with Crippen molar-refractivity contribution in [1.29, 1.82) is 0 Å². The maximum atomic E-state index is 11.8. The van der Waals surface area contributed by atoms with Crippen LogP contribution in [0, 0.1) is 0 Å². The summed E-state index contributed by atoms with van der Waals surface area (Å²) < 4.78 is 5.04. The second-order valence-corrected chi connectivity index (χ2v) is 3.44. The SMILES string of the molecule is COc1ccccc1C(=O)N(O)C(C)C. The maximum absolute atomic E-state index is 11.8. The highest BCUT2D eigenvalue weighted by Crippen LogP contribution is 2.19. The van der Waals surface area contributed by atoms with Crippen LogP contribution in [0.5, 0.6) is 5.75 Å². The predicted octanol–water partition coefficient (Wildman–Crippen LogP) is 1.93. The van der Waals surface area contributed by atoms with Crippen LogP contribution in [-0.4, -0.2) is 29.3 Å². The van der Waals surface area contributed by atoms with Crippen molar-refractivity contribution < 1.29 is 14.7 Å². The van der Waals surface area contributed by atoms with E-state index in [2.05, 4.69) is 0 Å². The summed E-state index contributed by atoms with van der Waals surface area (Å²) in [6, 6.07) is 6.53. The lowest BCUT2D eigenvalue weighted by molar-refractivity contribution is -0.0795. The first-order valence-electron chi connectivity index (χ1n) is 4.73. The van der Waals surface area contributed by atoms with Gasteiger partial charge in [-0.25, -0.2) is 5.06 Å². The van der Waals surface area contributed by atoms with Crippen molar-refractivity contribution in [2.75, 3.05) is 7.11 Å². The molecule has 1 rings (SSSR count). The zero-order valence-corrected chi connectivity index (χ0v) is 9.10. The molecular weight excluding hydrogens is 194 g/mol. The van der Waals surface area contributed by atoms with Crippen molar-refractivity contribution in [3.8, 4) is 5.75 Å². The molecule has 4 heteroatoms. The average molecular weight is 209 g/mol. The molecule has 0 saturated carbocycles. The second kappa shape index (κ2) is 4.79. The number of nitrogens with zero attached hydrogens (tertiary/aromatic N) is 1. The molecule has 0 radical (unpaired) electrons. The fraction of sp³-hybridized carbons (Fsp3) is 0.364. The summed E-state index contributed by atoms with van der Waals surface area (Å²) >= 11 is 0. The first-order valence-corrected chi connectivity index (χ1v) is 4.73. The van der Waals surface area contributed by atoms with E-state index in [1.807, 2.05) is 0 Å². The van der Waals surface area contributed by atoms with E-state index in [0.29, 0.717) is 16.4 Å². The second-order valence-electron chi connectivity index (χ2n) is 3.44. The van der Waals surface area contributed by atoms with E-state index in [9.17, 15) is 10.0 Å². The van der Waals surface area contributed by atoms with Crippen molar-refractivity contribution in [2.45, 2.75) is 19.9 Å². The average Bonchev–Trinajstić information content (AvgIpc) is 2.26. The fourth-order valence-corrected chi connectivity index (χ4v) is 1.18. The molecule has 0 aliphatic rings. The van der Waals surface area contributed by atoms with Gasteiger partial charge in [0.25, 0.3) is 5.91 Å². The molecule has 0 fully saturated rings. The van der Waals surface area contributed by atoms with Gasteiger partial charge in [-0.2, -0.15) is 0 Å². The lowest BCUT2D eigenvalue weighted by atomic mass is 10.1. The molecule has 4 nitrogen and oxygen atoms in total. The van der Waals surface area contributed by atoms with Crippen LogP contribution in [0.4, 0.5) is 0 Å². The zero-order chi connectivity index (χ0) is 11.4. The molecule has 0 bridgehead atoms. The topological polar surface area (TPSA) is 49.8 Å². The van der Waals surface area contributed by atoms with Crippen LogP contribution in [0.25, 0.3) is 0 Å². The summed E-state index contributed by atoms with van der Waals surface area (Å²) in [5.74, 6) is 0.00431. The molecule has 0 aliphatic carbocycles. The number of amides is 1. The molecule has 0 aliphatic heterocycles. The molecule has 0 heterocycles. The highest BCUT2D eigenvalue weighted by molar-refractivity contribution is 5.96. The number of hydroxylamine groups is 2. The van der Waals surface area contributed by atoms with Crippen LogP contribution in [0.2, 0.25) is 0 Å². The van der Waals surface area contributed by atoms with Crippen molar-refractivity contribution in [3.05, 3.63) is 29.8 Å². The van der Waals surface area contributed by atoms with E-state index in [4.69, 9.17) is 4.74 Å². The monoisotopic (exact) mass is 209 g/mol. The predicted molar refractivity (Wildman–Crippen MR) is 56.1 cm³/mol. The van der Waals surface area contributed by atoms with Gasteiger partial charge in [-0.15, -0.1) is 0 Å². The highest BCUT2D eigenvalue weighted by Gasteiger charge is 2.19.